The third-order valence-electron chi connectivity index (χ3n) is 2.70. The minimum absolute atomic E-state index is 0.0994. The van der Waals surface area contributed by atoms with Crippen LogP contribution >= 0.6 is 11.3 Å². The molecule has 3 aromatic heterocycles. The molecule has 0 aliphatic carbocycles. The molecular weight excluding hydrogens is 317 g/mol. The number of aromatic amines is 1. The average molecular weight is 322 g/mol. The molecule has 0 radical (unpaired) electrons. The van der Waals surface area contributed by atoms with Gasteiger partial charge in [-0.15, -0.1) is 16.4 Å². The maximum atomic E-state index is 12.5. The Morgan fingerprint density at radius 3 is 2.68 bits per heavy atom. The number of nitriles is 1. The molecule has 0 aliphatic heterocycles. The van der Waals surface area contributed by atoms with Crippen LogP contribution in [0.4, 0.5) is 13.2 Å². The van der Waals surface area contributed by atoms with E-state index in [4.69, 9.17) is 5.26 Å². The Morgan fingerprint density at radius 2 is 2.05 bits per heavy atom. The Balaban J connectivity index is 1.93. The van der Waals surface area contributed by atoms with Crippen molar-refractivity contribution < 1.29 is 13.2 Å². The largest absolute Gasteiger partial charge is 0.433 e. The van der Waals surface area contributed by atoms with Crippen molar-refractivity contribution in [2.24, 2.45) is 0 Å². The lowest BCUT2D eigenvalue weighted by atomic mass is 10.2. The molecule has 110 valence electrons. The van der Waals surface area contributed by atoms with Gasteiger partial charge in [-0.25, -0.2) is 4.98 Å². The Labute approximate surface area is 125 Å². The van der Waals surface area contributed by atoms with Gasteiger partial charge >= 0.3 is 6.18 Å². The molecule has 3 rings (SSSR count). The molecule has 0 bridgehead atoms. The molecule has 0 spiro atoms. The highest BCUT2D eigenvalue weighted by atomic mass is 32.1. The standard InChI is InChI=1S/C12H5F3N6S/c13-12(14,15)9-2-1-6(4-17-9)11-18-8(5-22-11)10-7(3-16)19-21-20-10/h1-2,4-5H,(H,19,20,21). The summed E-state index contributed by atoms with van der Waals surface area (Å²) in [5.41, 5.74) is 0.306. The normalized spacial score (nSPS) is 11.4. The monoisotopic (exact) mass is 322 g/mol. The van der Waals surface area contributed by atoms with E-state index in [-0.39, 0.29) is 5.69 Å². The lowest BCUT2D eigenvalue weighted by molar-refractivity contribution is -0.141. The second kappa shape index (κ2) is 5.19. The van der Waals surface area contributed by atoms with Gasteiger partial charge in [-0.2, -0.15) is 28.7 Å². The van der Waals surface area contributed by atoms with E-state index in [9.17, 15) is 13.2 Å². The first-order valence-electron chi connectivity index (χ1n) is 5.79. The lowest BCUT2D eigenvalue weighted by Gasteiger charge is -2.05. The zero-order valence-corrected chi connectivity index (χ0v) is 11.4. The summed E-state index contributed by atoms with van der Waals surface area (Å²) in [5.74, 6) is 0. The number of rotatable bonds is 2. The van der Waals surface area contributed by atoms with Gasteiger partial charge in [0.15, 0.2) is 5.69 Å². The van der Waals surface area contributed by atoms with E-state index in [1.54, 1.807) is 5.38 Å². The molecule has 0 saturated carbocycles. The van der Waals surface area contributed by atoms with Crippen molar-refractivity contribution in [1.82, 2.24) is 25.4 Å². The summed E-state index contributed by atoms with van der Waals surface area (Å²) in [7, 11) is 0. The van der Waals surface area contributed by atoms with Gasteiger partial charge in [0.05, 0.1) is 0 Å². The summed E-state index contributed by atoms with van der Waals surface area (Å²) < 4.78 is 37.4. The number of hydrogen-bond acceptors (Lipinski definition) is 6. The van der Waals surface area contributed by atoms with E-state index in [0.29, 0.717) is 22.0 Å². The lowest BCUT2D eigenvalue weighted by Crippen LogP contribution is -2.07. The van der Waals surface area contributed by atoms with E-state index in [0.717, 1.165) is 12.3 Å². The summed E-state index contributed by atoms with van der Waals surface area (Å²) in [5, 5.41) is 20.8. The Morgan fingerprint density at radius 1 is 1.23 bits per heavy atom. The van der Waals surface area contributed by atoms with Gasteiger partial charge in [-0.3, -0.25) is 4.98 Å². The fraction of sp³-hybridized carbons (Fsp3) is 0.0833. The molecule has 22 heavy (non-hydrogen) atoms. The Hall–Kier alpha value is -2.80. The second-order valence-corrected chi connectivity index (χ2v) is 4.96. The van der Waals surface area contributed by atoms with Gasteiger partial charge < -0.3 is 0 Å². The molecule has 0 fully saturated rings. The van der Waals surface area contributed by atoms with Crippen molar-refractivity contribution in [2.45, 2.75) is 6.18 Å². The number of nitrogens with one attached hydrogen (secondary N) is 1. The quantitative estimate of drug-likeness (QED) is 0.783. The number of nitrogens with zero attached hydrogens (tertiary/aromatic N) is 5. The van der Waals surface area contributed by atoms with Crippen molar-refractivity contribution in [3.05, 3.63) is 35.1 Å². The molecule has 0 aliphatic rings. The molecule has 10 heteroatoms. The van der Waals surface area contributed by atoms with E-state index < -0.39 is 11.9 Å². The van der Waals surface area contributed by atoms with Crippen LogP contribution in [-0.2, 0) is 6.18 Å². The van der Waals surface area contributed by atoms with Crippen LogP contribution in [0.1, 0.15) is 11.4 Å². The molecular formula is C12H5F3N6S. The number of hydrogen-bond donors (Lipinski definition) is 1. The minimum Gasteiger partial charge on any atom is -0.251 e. The smallest absolute Gasteiger partial charge is 0.251 e. The van der Waals surface area contributed by atoms with Gasteiger partial charge in [0.1, 0.15) is 28.2 Å². The minimum atomic E-state index is -4.48. The van der Waals surface area contributed by atoms with E-state index in [1.807, 2.05) is 6.07 Å². The number of pyridine rings is 1. The van der Waals surface area contributed by atoms with Gasteiger partial charge in [0.25, 0.3) is 0 Å². The van der Waals surface area contributed by atoms with Gasteiger partial charge in [0.2, 0.25) is 0 Å². The Bertz CT molecular complexity index is 843. The predicted octanol–water partition coefficient (Wildman–Crippen LogP) is 2.88. The van der Waals surface area contributed by atoms with Crippen molar-refractivity contribution in [3.63, 3.8) is 0 Å². The van der Waals surface area contributed by atoms with Crippen molar-refractivity contribution in [3.8, 4) is 28.0 Å². The van der Waals surface area contributed by atoms with Crippen LogP contribution < -0.4 is 0 Å². The second-order valence-electron chi connectivity index (χ2n) is 4.10. The van der Waals surface area contributed by atoms with Crippen LogP contribution in [0, 0.1) is 11.3 Å². The summed E-state index contributed by atoms with van der Waals surface area (Å²) in [4.78, 5) is 7.63. The van der Waals surface area contributed by atoms with Crippen molar-refractivity contribution in [1.29, 1.82) is 5.26 Å². The molecule has 3 heterocycles. The highest BCUT2D eigenvalue weighted by molar-refractivity contribution is 7.13. The summed E-state index contributed by atoms with van der Waals surface area (Å²) in [6.45, 7) is 0. The summed E-state index contributed by atoms with van der Waals surface area (Å²) in [6.07, 6.45) is -3.37. The zero-order valence-electron chi connectivity index (χ0n) is 10.6. The predicted molar refractivity (Wildman–Crippen MR) is 70.4 cm³/mol. The van der Waals surface area contributed by atoms with Gasteiger partial charge in [0, 0.05) is 17.1 Å². The maximum Gasteiger partial charge on any atom is 0.433 e. The van der Waals surface area contributed by atoms with Gasteiger partial charge in [-0.05, 0) is 12.1 Å². The molecule has 6 nitrogen and oxygen atoms in total. The average Bonchev–Trinajstić information content (AvgIpc) is 3.15. The number of thiazole rings is 1. The van der Waals surface area contributed by atoms with E-state index >= 15 is 0 Å². The molecule has 0 saturated heterocycles. The van der Waals surface area contributed by atoms with Crippen LogP contribution in [0.5, 0.6) is 0 Å². The summed E-state index contributed by atoms with van der Waals surface area (Å²) >= 11 is 1.21. The van der Waals surface area contributed by atoms with Crippen LogP contribution in [-0.4, -0.2) is 25.4 Å². The first kappa shape index (κ1) is 14.2. The number of aromatic nitrogens is 5. The van der Waals surface area contributed by atoms with Crippen molar-refractivity contribution in [2.75, 3.05) is 0 Å². The maximum absolute atomic E-state index is 12.5. The van der Waals surface area contributed by atoms with Crippen molar-refractivity contribution >= 4 is 11.3 Å². The highest BCUT2D eigenvalue weighted by Gasteiger charge is 2.32. The molecule has 0 atom stereocenters. The molecule has 1 N–H and O–H groups in total. The van der Waals surface area contributed by atoms with Gasteiger partial charge in [-0.1, -0.05) is 0 Å². The molecule has 0 amide bonds. The molecule has 0 aromatic carbocycles. The number of alkyl halides is 3. The number of H-pyrrole nitrogens is 1. The fourth-order valence-electron chi connectivity index (χ4n) is 1.69. The van der Waals surface area contributed by atoms with Crippen LogP contribution in [0.2, 0.25) is 0 Å². The Kier molecular flexibility index (Phi) is 3.34. The molecule has 0 unspecified atom stereocenters. The first-order chi connectivity index (χ1) is 10.5. The summed E-state index contributed by atoms with van der Waals surface area (Å²) in [6, 6.07) is 4.06. The SMILES string of the molecule is N#Cc1n[nH]nc1-c1csc(-c2ccc(C(F)(F)F)nc2)n1. The fourth-order valence-corrected chi connectivity index (χ4v) is 2.49. The first-order valence-corrected chi connectivity index (χ1v) is 6.67. The zero-order chi connectivity index (χ0) is 15.7. The van der Waals surface area contributed by atoms with Crippen LogP contribution in [0.25, 0.3) is 22.0 Å². The molecule has 3 aromatic rings. The number of halogens is 3. The topological polar surface area (TPSA) is 91.1 Å². The third-order valence-corrected chi connectivity index (χ3v) is 3.59. The van der Waals surface area contributed by atoms with E-state index in [1.165, 1.54) is 17.4 Å². The van der Waals surface area contributed by atoms with Crippen LogP contribution in [0.15, 0.2) is 23.7 Å². The highest BCUT2D eigenvalue weighted by Crippen LogP contribution is 2.31. The van der Waals surface area contributed by atoms with E-state index in [2.05, 4.69) is 25.4 Å². The van der Waals surface area contributed by atoms with Crippen LogP contribution in [0.3, 0.4) is 0 Å². The third kappa shape index (κ3) is 2.53.